The van der Waals surface area contributed by atoms with Crippen molar-refractivity contribution in [3.63, 3.8) is 0 Å². The summed E-state index contributed by atoms with van der Waals surface area (Å²) in [7, 11) is 1.63. The first-order valence-corrected chi connectivity index (χ1v) is 7.91. The molecule has 0 aliphatic carbocycles. The Labute approximate surface area is 140 Å². The minimum atomic E-state index is -2.42. The highest BCUT2D eigenvalue weighted by molar-refractivity contribution is 8.14. The van der Waals surface area contributed by atoms with Crippen molar-refractivity contribution in [1.82, 2.24) is 5.32 Å². The summed E-state index contributed by atoms with van der Waals surface area (Å²) < 4.78 is 56.9. The van der Waals surface area contributed by atoms with Gasteiger partial charge in [0.1, 0.15) is 23.7 Å². The highest BCUT2D eigenvalue weighted by atomic mass is 32.2. The second-order valence-corrected chi connectivity index (χ2v) is 6.05. The first-order valence-electron chi connectivity index (χ1n) is 7.03. The van der Waals surface area contributed by atoms with E-state index in [1.54, 1.807) is 7.05 Å². The van der Waals surface area contributed by atoms with E-state index >= 15 is 0 Å². The second kappa shape index (κ2) is 8.65. The number of nitrogens with one attached hydrogen (secondary N) is 1. The van der Waals surface area contributed by atoms with Crippen LogP contribution in [0.1, 0.15) is 6.42 Å². The van der Waals surface area contributed by atoms with Gasteiger partial charge in [-0.05, 0) is 0 Å². The molecule has 0 amide bonds. The highest BCUT2D eigenvalue weighted by Crippen LogP contribution is 2.38. The van der Waals surface area contributed by atoms with Crippen LogP contribution in [-0.2, 0) is 18.9 Å². The fraction of sp³-hybridized carbons (Fsp3) is 0.917. The summed E-state index contributed by atoms with van der Waals surface area (Å²) in [6.07, 6.45) is -4.53. The number of thioether (sulfide) groups is 1. The largest absolute Gasteiger partial charge is 0.388 e. The van der Waals surface area contributed by atoms with Crippen LogP contribution >= 0.6 is 11.8 Å². The lowest BCUT2D eigenvalue weighted by Crippen LogP contribution is -2.57. The number of nitrogens with zero attached hydrogens (tertiary/aromatic N) is 1. The van der Waals surface area contributed by atoms with Crippen molar-refractivity contribution >= 4 is 16.9 Å². The van der Waals surface area contributed by atoms with Gasteiger partial charge in [0.2, 0.25) is 0 Å². The molecule has 3 N–H and O–H groups in total. The van der Waals surface area contributed by atoms with Gasteiger partial charge in [-0.3, -0.25) is 19.2 Å². The maximum absolute atomic E-state index is 12.6. The van der Waals surface area contributed by atoms with E-state index in [9.17, 15) is 23.4 Å². The Morgan fingerprint density at radius 3 is 2.25 bits per heavy atom. The minimum Gasteiger partial charge on any atom is -0.388 e. The maximum Gasteiger partial charge on any atom is 0.292 e. The van der Waals surface area contributed by atoms with Crippen molar-refractivity contribution in [1.29, 1.82) is 0 Å². The lowest BCUT2D eigenvalue weighted by molar-refractivity contribution is -0.416. The fourth-order valence-corrected chi connectivity index (χ4v) is 3.60. The molecule has 0 aromatic heterocycles. The number of ether oxygens (including phenoxy) is 4. The van der Waals surface area contributed by atoms with Gasteiger partial charge in [-0.15, -0.1) is 0 Å². The average molecular weight is 376 g/mol. The molecule has 12 heteroatoms. The summed E-state index contributed by atoms with van der Waals surface area (Å²) in [4.78, 5) is 4.16. The third kappa shape index (κ3) is 4.12. The third-order valence-corrected chi connectivity index (χ3v) is 4.81. The van der Waals surface area contributed by atoms with Crippen molar-refractivity contribution in [2.75, 3.05) is 27.6 Å². The fourth-order valence-electron chi connectivity index (χ4n) is 2.52. The lowest BCUT2D eigenvalue weighted by atomic mass is 9.95. The molecule has 24 heavy (non-hydrogen) atoms. The van der Waals surface area contributed by atoms with E-state index in [-0.39, 0.29) is 0 Å². The number of halogens is 3. The number of fused-ring (bicyclic) bond motifs is 1. The number of aliphatic hydroxyl groups is 2. The number of aliphatic hydroxyl groups excluding tert-OH is 2. The standard InChI is InChI=1S/C12H19F3N2O6S/c1-16-11-17-7-9(19)8(18)6(23-10(7)24-11)2-12(20-3-13,21-4-14)22-5-15/h6-10,18-19H,2-5H2,1H3,(H,16,17)/t6-,7+,8+,9+,10+/m0/s1. The van der Waals surface area contributed by atoms with Crippen molar-refractivity contribution in [2.24, 2.45) is 4.99 Å². The molecule has 2 aliphatic heterocycles. The normalized spacial score (nSPS) is 33.2. The molecule has 0 aromatic carbocycles. The molecule has 0 spiro atoms. The number of alkyl halides is 3. The third-order valence-electron chi connectivity index (χ3n) is 3.65. The summed E-state index contributed by atoms with van der Waals surface area (Å²) >= 11 is 1.17. The van der Waals surface area contributed by atoms with Gasteiger partial charge in [-0.25, -0.2) is 13.2 Å². The van der Waals surface area contributed by atoms with E-state index < -0.39 is 62.8 Å². The van der Waals surface area contributed by atoms with Crippen molar-refractivity contribution in [3.05, 3.63) is 0 Å². The van der Waals surface area contributed by atoms with Crippen LogP contribution in [0.4, 0.5) is 13.2 Å². The van der Waals surface area contributed by atoms with Gasteiger partial charge in [0.25, 0.3) is 5.97 Å². The molecule has 0 radical (unpaired) electrons. The van der Waals surface area contributed by atoms with Gasteiger partial charge in [0.05, 0.1) is 12.5 Å². The second-order valence-electron chi connectivity index (χ2n) is 4.96. The van der Waals surface area contributed by atoms with E-state index in [2.05, 4.69) is 24.5 Å². The molecule has 8 nitrogen and oxygen atoms in total. The molecule has 1 fully saturated rings. The van der Waals surface area contributed by atoms with E-state index in [0.29, 0.717) is 5.17 Å². The van der Waals surface area contributed by atoms with Gasteiger partial charge in [-0.2, -0.15) is 0 Å². The van der Waals surface area contributed by atoms with E-state index in [4.69, 9.17) is 4.74 Å². The molecule has 2 rings (SSSR count). The van der Waals surface area contributed by atoms with E-state index in [0.717, 1.165) is 0 Å². The van der Waals surface area contributed by atoms with Crippen LogP contribution in [0.15, 0.2) is 4.99 Å². The predicted octanol–water partition coefficient (Wildman–Crippen LogP) is -0.00140. The molecule has 0 bridgehead atoms. The number of hydrogen-bond acceptors (Lipinski definition) is 9. The zero-order valence-corrected chi connectivity index (χ0v) is 13.5. The average Bonchev–Trinajstić information content (AvgIpc) is 2.96. The van der Waals surface area contributed by atoms with E-state index in [1.165, 1.54) is 11.8 Å². The molecule has 5 atom stereocenters. The Kier molecular flexibility index (Phi) is 7.10. The molecule has 2 aliphatic rings. The highest BCUT2D eigenvalue weighted by Gasteiger charge is 2.51. The first-order chi connectivity index (χ1) is 11.5. The molecule has 2 heterocycles. The van der Waals surface area contributed by atoms with Crippen molar-refractivity contribution in [3.8, 4) is 0 Å². The summed E-state index contributed by atoms with van der Waals surface area (Å²) in [6.45, 7) is -4.34. The minimum absolute atomic E-state index is 0.503. The van der Waals surface area contributed by atoms with Gasteiger partial charge in [0, 0.05) is 7.05 Å². The van der Waals surface area contributed by atoms with Crippen LogP contribution in [0, 0.1) is 0 Å². The number of hydrogen-bond donors (Lipinski definition) is 3. The first kappa shape index (κ1) is 19.7. The number of amidine groups is 1. The van der Waals surface area contributed by atoms with Crippen LogP contribution in [0.2, 0.25) is 0 Å². The molecule has 1 saturated heterocycles. The lowest BCUT2D eigenvalue weighted by Gasteiger charge is -2.41. The smallest absolute Gasteiger partial charge is 0.292 e. The Morgan fingerprint density at radius 2 is 1.75 bits per heavy atom. The summed E-state index contributed by atoms with van der Waals surface area (Å²) in [5.41, 5.74) is -0.644. The Hall–Kier alpha value is -0.630. The summed E-state index contributed by atoms with van der Waals surface area (Å²) in [5, 5.41) is 23.7. The molecular formula is C12H19F3N2O6S. The summed E-state index contributed by atoms with van der Waals surface area (Å²) in [5.74, 6) is -2.42. The van der Waals surface area contributed by atoms with Crippen LogP contribution in [0.25, 0.3) is 0 Å². The molecule has 0 saturated carbocycles. The number of aliphatic imine (C=N–C) groups is 1. The van der Waals surface area contributed by atoms with Crippen LogP contribution < -0.4 is 5.32 Å². The molecule has 0 aromatic rings. The van der Waals surface area contributed by atoms with Crippen molar-refractivity contribution in [2.45, 2.75) is 42.2 Å². The maximum atomic E-state index is 12.6. The van der Waals surface area contributed by atoms with Crippen molar-refractivity contribution < 1.29 is 42.3 Å². The SMILES string of the molecule is CNC1=N[C@@H]2[C@@H](O)[C@H](O)[C@H](CC(OCF)(OCF)OCF)O[C@@H]2S1. The summed E-state index contributed by atoms with van der Waals surface area (Å²) in [6, 6.07) is -0.718. The Morgan fingerprint density at radius 1 is 1.17 bits per heavy atom. The topological polar surface area (TPSA) is 102 Å². The quantitative estimate of drug-likeness (QED) is 0.509. The van der Waals surface area contributed by atoms with Gasteiger partial charge in [-0.1, -0.05) is 11.8 Å². The van der Waals surface area contributed by atoms with Gasteiger partial charge >= 0.3 is 0 Å². The Balaban J connectivity index is 2.12. The number of rotatable bonds is 8. The Bertz CT molecular complexity index is 432. The van der Waals surface area contributed by atoms with Crippen LogP contribution in [0.5, 0.6) is 0 Å². The zero-order valence-electron chi connectivity index (χ0n) is 12.7. The van der Waals surface area contributed by atoms with Crippen LogP contribution in [0.3, 0.4) is 0 Å². The van der Waals surface area contributed by atoms with Gasteiger partial charge < -0.3 is 20.3 Å². The zero-order chi connectivity index (χ0) is 17.7. The van der Waals surface area contributed by atoms with Crippen LogP contribution in [-0.4, -0.2) is 78.8 Å². The predicted molar refractivity (Wildman–Crippen MR) is 77.1 cm³/mol. The monoisotopic (exact) mass is 376 g/mol. The van der Waals surface area contributed by atoms with E-state index in [1.807, 2.05) is 0 Å². The molecular weight excluding hydrogens is 357 g/mol. The molecule has 140 valence electrons. The molecule has 0 unspecified atom stereocenters. The van der Waals surface area contributed by atoms with Gasteiger partial charge in [0.15, 0.2) is 25.7 Å².